The van der Waals surface area contributed by atoms with E-state index in [1.165, 1.54) is 5.56 Å². The lowest BCUT2D eigenvalue weighted by atomic mass is 9.33. The first-order chi connectivity index (χ1) is 16.5. The molecule has 3 aliphatic rings. The number of fused-ring (bicyclic) bond motifs is 3. The van der Waals surface area contributed by atoms with E-state index in [0.29, 0.717) is 5.82 Å². The minimum absolute atomic E-state index is 0.00350. The first kappa shape index (κ1) is 22.1. The van der Waals surface area contributed by atoms with Crippen molar-refractivity contribution in [3.8, 4) is 0 Å². The van der Waals surface area contributed by atoms with Crippen molar-refractivity contribution in [2.75, 3.05) is 0 Å². The minimum atomic E-state index is -0.566. The number of nitrogens with one attached hydrogen (secondary N) is 1. The lowest BCUT2D eigenvalue weighted by Crippen LogP contribution is -2.67. The Kier molecular flexibility index (Phi) is 4.45. The number of aromatic nitrogens is 3. The van der Waals surface area contributed by atoms with E-state index in [1.807, 2.05) is 47.7 Å². The van der Waals surface area contributed by atoms with E-state index in [1.54, 1.807) is 0 Å². The maximum Gasteiger partial charge on any atom is 0.408 e. The molecule has 182 valence electrons. The van der Waals surface area contributed by atoms with Gasteiger partial charge in [0, 0.05) is 28.1 Å². The van der Waals surface area contributed by atoms with Gasteiger partial charge in [0.05, 0.1) is 11.5 Å². The zero-order valence-electron chi connectivity index (χ0n) is 21.0. The van der Waals surface area contributed by atoms with Gasteiger partial charge < -0.3 is 19.0 Å². The molecule has 0 saturated heterocycles. The third-order valence-corrected chi connectivity index (χ3v) is 7.41. The Bertz CT molecular complexity index is 1470. The van der Waals surface area contributed by atoms with Gasteiger partial charge in [0.15, 0.2) is 11.4 Å². The molecule has 4 aromatic rings. The summed E-state index contributed by atoms with van der Waals surface area (Å²) in [6.07, 6.45) is 4.34. The van der Waals surface area contributed by atoms with Crippen molar-refractivity contribution in [2.24, 2.45) is 0 Å². The van der Waals surface area contributed by atoms with Gasteiger partial charge in [-0.3, -0.25) is 4.98 Å². The van der Waals surface area contributed by atoms with Crippen molar-refractivity contribution in [3.05, 3.63) is 52.8 Å². The number of aryl methyl sites for hydroxylation is 2. The molecule has 3 fully saturated rings. The molecule has 0 unspecified atom stereocenters. The summed E-state index contributed by atoms with van der Waals surface area (Å²) in [5, 5.41) is 7.90. The van der Waals surface area contributed by atoms with E-state index >= 15 is 0 Å². The number of rotatable bonds is 4. The summed E-state index contributed by atoms with van der Waals surface area (Å²) >= 11 is 0. The number of nitrogens with zero attached hydrogens (tertiary/aromatic N) is 3. The number of ether oxygens (including phenoxy) is 1. The summed E-state index contributed by atoms with van der Waals surface area (Å²) < 4.78 is 17.5. The Morgan fingerprint density at radius 1 is 1.14 bits per heavy atom. The number of hydrogen-bond donors (Lipinski definition) is 1. The molecule has 3 heterocycles. The molecule has 2 bridgehead atoms. The number of benzene rings is 1. The second-order valence-electron chi connectivity index (χ2n) is 11.5. The summed E-state index contributed by atoms with van der Waals surface area (Å²) in [5.41, 5.74) is 5.10. The Morgan fingerprint density at radius 2 is 1.89 bits per heavy atom. The van der Waals surface area contributed by atoms with Crippen LogP contribution in [0.2, 0.25) is 0 Å². The molecule has 0 radical (unpaired) electrons. The Balaban J connectivity index is 1.37. The molecule has 1 N–H and O–H groups in total. The van der Waals surface area contributed by atoms with E-state index in [0.717, 1.165) is 58.3 Å². The quantitative estimate of drug-likeness (QED) is 0.390. The second kappa shape index (κ2) is 7.06. The van der Waals surface area contributed by atoms with Crippen molar-refractivity contribution in [1.82, 2.24) is 20.4 Å². The predicted molar refractivity (Wildman–Crippen MR) is 130 cm³/mol. The fourth-order valence-corrected chi connectivity index (χ4v) is 6.05. The summed E-state index contributed by atoms with van der Waals surface area (Å²) in [6.45, 7) is 11.4. The molecule has 35 heavy (non-hydrogen) atoms. The number of alkyl carbamates (subject to hydrolysis) is 1. The van der Waals surface area contributed by atoms with Gasteiger partial charge in [-0.05, 0) is 78.5 Å². The summed E-state index contributed by atoms with van der Waals surface area (Å²) in [7, 11) is 0. The maximum atomic E-state index is 12.4. The summed E-state index contributed by atoms with van der Waals surface area (Å²) in [5.74, 6) is 1.44. The molecule has 7 rings (SSSR count). The van der Waals surface area contributed by atoms with Crippen molar-refractivity contribution in [2.45, 2.75) is 83.3 Å². The molecule has 0 spiro atoms. The van der Waals surface area contributed by atoms with Crippen molar-refractivity contribution in [1.29, 1.82) is 0 Å². The van der Waals surface area contributed by atoms with Crippen LogP contribution in [0, 0.1) is 13.8 Å². The van der Waals surface area contributed by atoms with Crippen LogP contribution in [-0.2, 0) is 15.6 Å². The number of amides is 1. The number of carbonyl (C=O) groups excluding carboxylic acids is 1. The largest absolute Gasteiger partial charge is 0.454 e. The molecule has 8 heteroatoms. The van der Waals surface area contributed by atoms with Gasteiger partial charge in [0.1, 0.15) is 16.7 Å². The molecular weight excluding hydrogens is 444 g/mol. The Labute approximate surface area is 203 Å². The van der Waals surface area contributed by atoms with Gasteiger partial charge in [-0.2, -0.15) is 4.98 Å². The van der Waals surface area contributed by atoms with E-state index in [9.17, 15) is 4.79 Å². The normalized spacial score (nSPS) is 24.2. The van der Waals surface area contributed by atoms with Crippen molar-refractivity contribution >= 4 is 28.2 Å². The monoisotopic (exact) mass is 474 g/mol. The van der Waals surface area contributed by atoms with Crippen molar-refractivity contribution in [3.63, 3.8) is 0 Å². The predicted octanol–water partition coefficient (Wildman–Crippen LogP) is 5.94. The third kappa shape index (κ3) is 3.33. The first-order valence-corrected chi connectivity index (χ1v) is 12.1. The molecule has 3 aliphatic carbocycles. The molecule has 1 amide bonds. The molecular formula is C27H30N4O4. The summed E-state index contributed by atoms with van der Waals surface area (Å²) in [6, 6.07) is 5.95. The lowest BCUT2D eigenvalue weighted by molar-refractivity contribution is -0.0886. The SMILES string of the molecule is Cc1cc([C@@H](C)NC(=O)OC(C)(C)C)c2oc3c(C45CC(c6nc(C)no6)(C4)C5)ccnc3c2c1. The van der Waals surface area contributed by atoms with Crippen LogP contribution in [0.15, 0.2) is 33.3 Å². The highest BCUT2D eigenvalue weighted by Crippen LogP contribution is 2.74. The molecule has 3 saturated carbocycles. The van der Waals surface area contributed by atoms with Gasteiger partial charge >= 0.3 is 6.09 Å². The molecule has 0 aliphatic heterocycles. The van der Waals surface area contributed by atoms with E-state index in [2.05, 4.69) is 33.7 Å². The topological polar surface area (TPSA) is 103 Å². The van der Waals surface area contributed by atoms with Crippen LogP contribution < -0.4 is 5.32 Å². The van der Waals surface area contributed by atoms with Crippen LogP contribution in [0.5, 0.6) is 0 Å². The number of hydrogen-bond acceptors (Lipinski definition) is 7. The zero-order chi connectivity index (χ0) is 24.8. The third-order valence-electron chi connectivity index (χ3n) is 7.41. The average molecular weight is 475 g/mol. The zero-order valence-corrected chi connectivity index (χ0v) is 21.0. The van der Waals surface area contributed by atoms with Crippen LogP contribution in [0.3, 0.4) is 0 Å². The van der Waals surface area contributed by atoms with Gasteiger partial charge in [0.25, 0.3) is 0 Å². The Hall–Kier alpha value is -3.42. The van der Waals surface area contributed by atoms with Gasteiger partial charge in [-0.25, -0.2) is 4.79 Å². The highest BCUT2D eigenvalue weighted by molar-refractivity contribution is 6.05. The molecule has 1 aromatic carbocycles. The number of furan rings is 1. The van der Waals surface area contributed by atoms with Crippen LogP contribution in [-0.4, -0.2) is 26.8 Å². The fourth-order valence-electron chi connectivity index (χ4n) is 6.05. The minimum Gasteiger partial charge on any atom is -0.454 e. The molecule has 1 atom stereocenters. The maximum absolute atomic E-state index is 12.4. The summed E-state index contributed by atoms with van der Waals surface area (Å²) in [4.78, 5) is 21.6. The smallest absolute Gasteiger partial charge is 0.408 e. The fraction of sp³-hybridized carbons (Fsp3) is 0.481. The standard InChI is InChI=1S/C27H30N4O4/c1-14-9-17(15(2)29-24(32)34-25(4,5)6)21-18(10-14)20-22(33-21)19(7-8-28-20)26-11-27(12-26,13-26)23-30-16(3)31-35-23/h7-10,15H,11-13H2,1-6H3,(H,29,32)/t15-,26?,27?/m1/s1. The van der Waals surface area contributed by atoms with Crippen molar-refractivity contribution < 1.29 is 18.5 Å². The van der Waals surface area contributed by atoms with E-state index in [4.69, 9.17) is 18.7 Å². The molecule has 8 nitrogen and oxygen atoms in total. The highest BCUT2D eigenvalue weighted by atomic mass is 16.6. The molecule has 3 aromatic heterocycles. The van der Waals surface area contributed by atoms with Crippen LogP contribution in [0.25, 0.3) is 22.1 Å². The van der Waals surface area contributed by atoms with Crippen LogP contribution >= 0.6 is 0 Å². The van der Waals surface area contributed by atoms with Gasteiger partial charge in [-0.15, -0.1) is 0 Å². The second-order valence-corrected chi connectivity index (χ2v) is 11.5. The van der Waals surface area contributed by atoms with Crippen LogP contribution in [0.4, 0.5) is 4.79 Å². The van der Waals surface area contributed by atoms with E-state index in [-0.39, 0.29) is 16.9 Å². The van der Waals surface area contributed by atoms with Gasteiger partial charge in [-0.1, -0.05) is 11.2 Å². The Morgan fingerprint density at radius 3 is 2.54 bits per heavy atom. The number of pyridine rings is 1. The number of carbonyl (C=O) groups is 1. The first-order valence-electron chi connectivity index (χ1n) is 12.1. The van der Waals surface area contributed by atoms with E-state index < -0.39 is 11.7 Å². The average Bonchev–Trinajstić information content (AvgIpc) is 3.28. The lowest BCUT2D eigenvalue weighted by Gasteiger charge is -2.68. The highest BCUT2D eigenvalue weighted by Gasteiger charge is 2.72. The van der Waals surface area contributed by atoms with Gasteiger partial charge in [0.2, 0.25) is 5.89 Å². The van der Waals surface area contributed by atoms with Crippen LogP contribution in [0.1, 0.15) is 81.4 Å².